The van der Waals surface area contributed by atoms with Crippen LogP contribution in [0.25, 0.3) is 0 Å². The minimum Gasteiger partial charge on any atom is -0.497 e. The van der Waals surface area contributed by atoms with Crippen molar-refractivity contribution < 1.29 is 19.1 Å². The zero-order valence-electron chi connectivity index (χ0n) is 19.0. The second-order valence-corrected chi connectivity index (χ2v) is 9.16. The van der Waals surface area contributed by atoms with Crippen molar-refractivity contribution in [3.05, 3.63) is 29.8 Å². The number of urea groups is 1. The summed E-state index contributed by atoms with van der Waals surface area (Å²) in [6.45, 7) is 5.72. The third-order valence-corrected chi connectivity index (χ3v) is 6.68. The van der Waals surface area contributed by atoms with Crippen LogP contribution in [-0.2, 0) is 14.9 Å². The summed E-state index contributed by atoms with van der Waals surface area (Å²) < 4.78 is 10.9. The highest BCUT2D eigenvalue weighted by Gasteiger charge is 2.35. The highest BCUT2D eigenvalue weighted by atomic mass is 16.5. The van der Waals surface area contributed by atoms with Gasteiger partial charge in [-0.2, -0.15) is 0 Å². The summed E-state index contributed by atoms with van der Waals surface area (Å²) in [4.78, 5) is 25.5. The standard InChI is InChI=1S/C24H37N3O4/c1-17(2)21(22(28)26-19-6-4-5-7-19)27-23(29)25-16-24(12-14-31-15-13-24)18-8-10-20(30-3)11-9-18/h8-11,17,19,21H,4-7,12-16H2,1-3H3,(H,26,28)(H2,25,27,29)/t21-/m1/s1. The summed E-state index contributed by atoms with van der Waals surface area (Å²) in [5.41, 5.74) is 0.970. The molecular formula is C24H37N3O4. The van der Waals surface area contributed by atoms with E-state index in [2.05, 4.69) is 28.1 Å². The lowest BCUT2D eigenvalue weighted by molar-refractivity contribution is -0.124. The Kier molecular flexibility index (Phi) is 8.18. The Balaban J connectivity index is 1.61. The average molecular weight is 432 g/mol. The molecule has 2 fully saturated rings. The molecule has 0 aromatic heterocycles. The number of carbonyl (C=O) groups excluding carboxylic acids is 2. The maximum absolute atomic E-state index is 12.8. The summed E-state index contributed by atoms with van der Waals surface area (Å²) >= 11 is 0. The second kappa shape index (κ2) is 10.8. The van der Waals surface area contributed by atoms with Crippen LogP contribution in [0.5, 0.6) is 5.75 Å². The van der Waals surface area contributed by atoms with Crippen LogP contribution in [0.4, 0.5) is 4.79 Å². The molecule has 1 aliphatic carbocycles. The van der Waals surface area contributed by atoms with E-state index in [-0.39, 0.29) is 29.3 Å². The first-order chi connectivity index (χ1) is 14.9. The zero-order valence-corrected chi connectivity index (χ0v) is 19.0. The van der Waals surface area contributed by atoms with Crippen LogP contribution in [0.15, 0.2) is 24.3 Å². The molecule has 7 nitrogen and oxygen atoms in total. The van der Waals surface area contributed by atoms with E-state index in [4.69, 9.17) is 9.47 Å². The van der Waals surface area contributed by atoms with Gasteiger partial charge in [-0.3, -0.25) is 4.79 Å². The van der Waals surface area contributed by atoms with Crippen molar-refractivity contribution in [2.75, 3.05) is 26.9 Å². The number of hydrogen-bond acceptors (Lipinski definition) is 4. The molecule has 1 aromatic carbocycles. The number of nitrogens with one attached hydrogen (secondary N) is 3. The minimum atomic E-state index is -0.549. The highest BCUT2D eigenvalue weighted by molar-refractivity contribution is 5.87. The Labute approximate surface area is 185 Å². The molecule has 0 unspecified atom stereocenters. The fourth-order valence-electron chi connectivity index (χ4n) is 4.61. The van der Waals surface area contributed by atoms with Crippen molar-refractivity contribution in [3.63, 3.8) is 0 Å². The largest absolute Gasteiger partial charge is 0.497 e. The molecule has 31 heavy (non-hydrogen) atoms. The van der Waals surface area contributed by atoms with E-state index in [9.17, 15) is 9.59 Å². The van der Waals surface area contributed by atoms with Gasteiger partial charge in [0.1, 0.15) is 11.8 Å². The predicted molar refractivity (Wildman–Crippen MR) is 120 cm³/mol. The van der Waals surface area contributed by atoms with E-state index in [0.29, 0.717) is 19.8 Å². The van der Waals surface area contributed by atoms with Gasteiger partial charge >= 0.3 is 6.03 Å². The molecule has 7 heteroatoms. The topological polar surface area (TPSA) is 88.7 Å². The molecule has 1 aliphatic heterocycles. The Morgan fingerprint density at radius 2 is 1.77 bits per heavy atom. The molecule has 2 aliphatic rings. The van der Waals surface area contributed by atoms with E-state index in [1.54, 1.807) is 7.11 Å². The highest BCUT2D eigenvalue weighted by Crippen LogP contribution is 2.35. The van der Waals surface area contributed by atoms with Crippen LogP contribution >= 0.6 is 0 Å². The van der Waals surface area contributed by atoms with Gasteiger partial charge in [0.15, 0.2) is 0 Å². The van der Waals surface area contributed by atoms with Crippen molar-refractivity contribution in [1.82, 2.24) is 16.0 Å². The Hall–Kier alpha value is -2.28. The quantitative estimate of drug-likeness (QED) is 0.590. The first kappa shape index (κ1) is 23.4. The van der Waals surface area contributed by atoms with Crippen molar-refractivity contribution in [2.45, 2.75) is 69.9 Å². The van der Waals surface area contributed by atoms with Gasteiger partial charge in [0, 0.05) is 31.2 Å². The Bertz CT molecular complexity index is 723. The van der Waals surface area contributed by atoms with Crippen LogP contribution in [0, 0.1) is 5.92 Å². The van der Waals surface area contributed by atoms with E-state index >= 15 is 0 Å². The normalized spacial score (nSPS) is 19.6. The third-order valence-electron chi connectivity index (χ3n) is 6.68. The first-order valence-electron chi connectivity index (χ1n) is 11.5. The molecule has 1 saturated carbocycles. The van der Waals surface area contributed by atoms with E-state index in [1.165, 1.54) is 0 Å². The maximum Gasteiger partial charge on any atom is 0.315 e. The molecule has 0 radical (unpaired) electrons. The third kappa shape index (κ3) is 6.12. The van der Waals surface area contributed by atoms with Gasteiger partial charge in [-0.25, -0.2) is 4.79 Å². The monoisotopic (exact) mass is 431 g/mol. The number of carbonyl (C=O) groups is 2. The van der Waals surface area contributed by atoms with E-state index < -0.39 is 6.04 Å². The molecule has 1 atom stereocenters. The fraction of sp³-hybridized carbons (Fsp3) is 0.667. The van der Waals surface area contributed by atoms with Crippen molar-refractivity contribution in [2.24, 2.45) is 5.92 Å². The number of methoxy groups -OCH3 is 1. The molecule has 1 heterocycles. The lowest BCUT2D eigenvalue weighted by Crippen LogP contribution is -2.55. The lowest BCUT2D eigenvalue weighted by Gasteiger charge is -2.38. The second-order valence-electron chi connectivity index (χ2n) is 9.16. The van der Waals surface area contributed by atoms with Gasteiger partial charge in [-0.1, -0.05) is 38.8 Å². The van der Waals surface area contributed by atoms with Crippen LogP contribution in [-0.4, -0.2) is 50.9 Å². The fourth-order valence-corrected chi connectivity index (χ4v) is 4.61. The summed E-state index contributed by atoms with van der Waals surface area (Å²) in [5.74, 6) is 0.725. The smallest absolute Gasteiger partial charge is 0.315 e. The predicted octanol–water partition coefficient (Wildman–Crippen LogP) is 3.13. The van der Waals surface area contributed by atoms with Crippen molar-refractivity contribution in [3.8, 4) is 5.75 Å². The minimum absolute atomic E-state index is 0.00535. The Morgan fingerprint density at radius 1 is 1.13 bits per heavy atom. The van der Waals surface area contributed by atoms with Crippen LogP contribution in [0.3, 0.4) is 0 Å². The van der Waals surface area contributed by atoms with Gasteiger partial charge in [-0.15, -0.1) is 0 Å². The van der Waals surface area contributed by atoms with Gasteiger partial charge in [0.25, 0.3) is 0 Å². The molecule has 1 saturated heterocycles. The van der Waals surface area contributed by atoms with Crippen molar-refractivity contribution >= 4 is 11.9 Å². The molecule has 3 rings (SSSR count). The zero-order chi connectivity index (χ0) is 22.3. The lowest BCUT2D eigenvalue weighted by atomic mass is 9.74. The van der Waals surface area contributed by atoms with Gasteiger partial charge in [0.2, 0.25) is 5.91 Å². The number of rotatable bonds is 8. The van der Waals surface area contributed by atoms with Crippen molar-refractivity contribution in [1.29, 1.82) is 0 Å². The number of ether oxygens (including phenoxy) is 2. The molecule has 3 amide bonds. The van der Waals surface area contributed by atoms with Crippen LogP contribution in [0.2, 0.25) is 0 Å². The van der Waals surface area contributed by atoms with Crippen LogP contribution < -0.4 is 20.7 Å². The Morgan fingerprint density at radius 3 is 2.35 bits per heavy atom. The average Bonchev–Trinajstić information content (AvgIpc) is 3.29. The van der Waals surface area contributed by atoms with E-state index in [1.807, 2.05) is 26.0 Å². The molecule has 3 N–H and O–H groups in total. The summed E-state index contributed by atoms with van der Waals surface area (Å²) in [6, 6.07) is 7.42. The maximum atomic E-state index is 12.8. The number of amides is 3. The molecule has 172 valence electrons. The van der Waals surface area contributed by atoms with Gasteiger partial charge in [0.05, 0.1) is 7.11 Å². The number of hydrogen-bond donors (Lipinski definition) is 3. The summed E-state index contributed by atoms with van der Waals surface area (Å²) in [7, 11) is 1.65. The van der Waals surface area contributed by atoms with Gasteiger partial charge in [-0.05, 0) is 49.3 Å². The summed E-state index contributed by atoms with van der Waals surface area (Å²) in [6.07, 6.45) is 6.01. The molecule has 1 aromatic rings. The SMILES string of the molecule is COc1ccc(C2(CNC(=O)N[C@@H](C(=O)NC3CCCC3)C(C)C)CCOCC2)cc1. The first-order valence-corrected chi connectivity index (χ1v) is 11.5. The molecular weight excluding hydrogens is 394 g/mol. The summed E-state index contributed by atoms with van der Waals surface area (Å²) in [5, 5.41) is 9.05. The molecule has 0 spiro atoms. The van der Waals surface area contributed by atoms with E-state index in [0.717, 1.165) is 49.8 Å². The van der Waals surface area contributed by atoms with Crippen LogP contribution in [0.1, 0.15) is 57.9 Å². The van der Waals surface area contributed by atoms with Gasteiger partial charge < -0.3 is 25.4 Å². The number of benzene rings is 1. The molecule has 0 bridgehead atoms.